The number of nitrogens with zero attached hydrogens (tertiary/aromatic N) is 1. The summed E-state index contributed by atoms with van der Waals surface area (Å²) in [6.45, 7) is 2.64. The highest BCUT2D eigenvalue weighted by Crippen LogP contribution is 2.27. The molecule has 0 aromatic heterocycles. The quantitative estimate of drug-likeness (QED) is 0.797. The van der Waals surface area contributed by atoms with Crippen molar-refractivity contribution >= 4 is 15.5 Å². The first-order valence-corrected chi connectivity index (χ1v) is 8.73. The van der Waals surface area contributed by atoms with E-state index in [1.807, 2.05) is 0 Å². The predicted octanol–water partition coefficient (Wildman–Crippen LogP) is 1.20. The van der Waals surface area contributed by atoms with Crippen molar-refractivity contribution in [2.75, 3.05) is 37.0 Å². The molecule has 2 rings (SSSR count). The van der Waals surface area contributed by atoms with Crippen LogP contribution in [0.2, 0.25) is 0 Å². The van der Waals surface area contributed by atoms with Crippen molar-refractivity contribution in [3.8, 4) is 0 Å². The molecule has 1 aliphatic heterocycles. The molecule has 106 valence electrons. The summed E-state index contributed by atoms with van der Waals surface area (Å²) in [5, 5.41) is 3.30. The number of hydrogen-bond acceptors (Lipinski definition) is 4. The fourth-order valence-electron chi connectivity index (χ4n) is 2.42. The van der Waals surface area contributed by atoms with Crippen molar-refractivity contribution in [3.05, 3.63) is 29.3 Å². The number of fused-ring (bicyclic) bond motifs is 1. The second-order valence-corrected chi connectivity index (χ2v) is 7.55. The summed E-state index contributed by atoms with van der Waals surface area (Å²) >= 11 is 0. The Morgan fingerprint density at radius 3 is 2.89 bits per heavy atom. The largest absolute Gasteiger partial charge is 0.374 e. The fourth-order valence-corrected chi connectivity index (χ4v) is 3.09. The number of anilines is 1. The molecule has 0 atom stereocenters. The van der Waals surface area contributed by atoms with Crippen molar-refractivity contribution in [2.45, 2.75) is 19.4 Å². The number of benzene rings is 1. The minimum absolute atomic E-state index is 0.259. The molecule has 5 heteroatoms. The highest BCUT2D eigenvalue weighted by Gasteiger charge is 2.15. The van der Waals surface area contributed by atoms with Gasteiger partial charge in [0.05, 0.1) is 5.75 Å². The molecule has 19 heavy (non-hydrogen) atoms. The molecule has 1 aromatic rings. The van der Waals surface area contributed by atoms with Gasteiger partial charge in [-0.1, -0.05) is 12.1 Å². The Balaban J connectivity index is 1.78. The van der Waals surface area contributed by atoms with E-state index in [1.54, 1.807) is 0 Å². The van der Waals surface area contributed by atoms with Gasteiger partial charge in [-0.15, -0.1) is 0 Å². The van der Waals surface area contributed by atoms with Gasteiger partial charge in [0.2, 0.25) is 0 Å². The Morgan fingerprint density at radius 2 is 2.16 bits per heavy atom. The van der Waals surface area contributed by atoms with Gasteiger partial charge in [-0.3, -0.25) is 0 Å². The monoisotopic (exact) mass is 282 g/mol. The third kappa shape index (κ3) is 4.21. The number of likely N-dealkylation sites (N-methyl/N-ethyl adjacent to an activating group) is 1. The molecular weight excluding hydrogens is 260 g/mol. The van der Waals surface area contributed by atoms with Crippen LogP contribution in [0.4, 0.5) is 5.69 Å². The Bertz CT molecular complexity index is 540. The number of rotatable bonds is 6. The lowest BCUT2D eigenvalue weighted by Gasteiger charge is -2.12. The summed E-state index contributed by atoms with van der Waals surface area (Å²) < 4.78 is 22.0. The van der Waals surface area contributed by atoms with Crippen molar-refractivity contribution in [1.82, 2.24) is 5.32 Å². The van der Waals surface area contributed by atoms with Gasteiger partial charge in [-0.05, 0) is 36.6 Å². The van der Waals surface area contributed by atoms with E-state index in [2.05, 4.69) is 35.5 Å². The fraction of sp³-hybridized carbons (Fsp3) is 0.571. The molecule has 4 nitrogen and oxygen atoms in total. The lowest BCUT2D eigenvalue weighted by molar-refractivity contribution is 0.594. The summed E-state index contributed by atoms with van der Waals surface area (Å²) in [7, 11) is -0.709. The normalized spacial score (nSPS) is 14.7. The third-order valence-electron chi connectivity index (χ3n) is 3.47. The van der Waals surface area contributed by atoms with Crippen LogP contribution in [0.3, 0.4) is 0 Å². The van der Waals surface area contributed by atoms with E-state index in [9.17, 15) is 8.42 Å². The summed E-state index contributed by atoms with van der Waals surface area (Å²) in [5.74, 6) is 0.259. The first kappa shape index (κ1) is 14.3. The van der Waals surface area contributed by atoms with Crippen LogP contribution in [-0.2, 0) is 22.8 Å². The van der Waals surface area contributed by atoms with E-state index in [0.717, 1.165) is 26.1 Å². The van der Waals surface area contributed by atoms with Gasteiger partial charge in [0.15, 0.2) is 0 Å². The highest BCUT2D eigenvalue weighted by atomic mass is 32.2. The van der Waals surface area contributed by atoms with E-state index >= 15 is 0 Å². The first-order chi connectivity index (χ1) is 8.96. The van der Waals surface area contributed by atoms with Gasteiger partial charge >= 0.3 is 0 Å². The summed E-state index contributed by atoms with van der Waals surface area (Å²) in [6, 6.07) is 6.57. The molecule has 0 fully saturated rings. The second kappa shape index (κ2) is 5.92. The van der Waals surface area contributed by atoms with Crippen LogP contribution in [0.25, 0.3) is 0 Å². The van der Waals surface area contributed by atoms with Crippen molar-refractivity contribution in [1.29, 1.82) is 0 Å². The molecule has 0 spiro atoms. The van der Waals surface area contributed by atoms with E-state index in [0.29, 0.717) is 6.42 Å². The maximum atomic E-state index is 11.0. The van der Waals surface area contributed by atoms with Crippen molar-refractivity contribution in [2.24, 2.45) is 0 Å². The van der Waals surface area contributed by atoms with Crippen molar-refractivity contribution in [3.63, 3.8) is 0 Å². The SMILES string of the molecule is CN1CCc2cc(CNCCCS(C)(=O)=O)ccc21. The lowest BCUT2D eigenvalue weighted by atomic mass is 10.1. The average Bonchev–Trinajstić information content (AvgIpc) is 2.69. The standard InChI is InChI=1S/C14H22N2O2S/c1-16-8-6-13-10-12(4-5-14(13)16)11-15-7-3-9-19(2,17)18/h4-5,10,15H,3,6-9,11H2,1-2H3. The zero-order chi connectivity index (χ0) is 13.9. The van der Waals surface area contributed by atoms with Crippen LogP contribution in [-0.4, -0.2) is 40.6 Å². The van der Waals surface area contributed by atoms with E-state index in [1.165, 1.54) is 23.1 Å². The number of nitrogens with one attached hydrogen (secondary N) is 1. The maximum Gasteiger partial charge on any atom is 0.147 e. The van der Waals surface area contributed by atoms with Gasteiger partial charge in [0.1, 0.15) is 9.84 Å². The second-order valence-electron chi connectivity index (χ2n) is 5.29. The molecule has 0 amide bonds. The van der Waals surface area contributed by atoms with Crippen LogP contribution < -0.4 is 10.2 Å². The lowest BCUT2D eigenvalue weighted by Crippen LogP contribution is -2.18. The highest BCUT2D eigenvalue weighted by molar-refractivity contribution is 7.90. The van der Waals surface area contributed by atoms with Crippen LogP contribution in [0.15, 0.2) is 18.2 Å². The Labute approximate surface area is 115 Å². The van der Waals surface area contributed by atoms with Gasteiger partial charge in [-0.25, -0.2) is 8.42 Å². The van der Waals surface area contributed by atoms with Gasteiger partial charge in [0, 0.05) is 32.1 Å². The zero-order valence-electron chi connectivity index (χ0n) is 11.6. The first-order valence-electron chi connectivity index (χ1n) is 6.67. The average molecular weight is 282 g/mol. The van der Waals surface area contributed by atoms with Gasteiger partial charge in [0.25, 0.3) is 0 Å². The molecule has 0 saturated heterocycles. The van der Waals surface area contributed by atoms with Crippen LogP contribution in [0.1, 0.15) is 17.5 Å². The molecular formula is C14H22N2O2S. The van der Waals surface area contributed by atoms with E-state index in [4.69, 9.17) is 0 Å². The zero-order valence-corrected chi connectivity index (χ0v) is 12.5. The molecule has 0 bridgehead atoms. The minimum Gasteiger partial charge on any atom is -0.374 e. The Morgan fingerprint density at radius 1 is 1.37 bits per heavy atom. The summed E-state index contributed by atoms with van der Waals surface area (Å²) in [6.07, 6.45) is 3.07. The molecule has 0 aliphatic carbocycles. The molecule has 0 radical (unpaired) electrons. The summed E-state index contributed by atoms with van der Waals surface area (Å²) in [4.78, 5) is 2.28. The molecule has 1 N–H and O–H groups in total. The molecule has 1 aromatic carbocycles. The van der Waals surface area contributed by atoms with E-state index < -0.39 is 9.84 Å². The van der Waals surface area contributed by atoms with Gasteiger partial charge in [-0.2, -0.15) is 0 Å². The number of hydrogen-bond donors (Lipinski definition) is 1. The Kier molecular flexibility index (Phi) is 4.47. The topological polar surface area (TPSA) is 49.4 Å². The molecule has 0 saturated carbocycles. The number of sulfone groups is 1. The van der Waals surface area contributed by atoms with E-state index in [-0.39, 0.29) is 5.75 Å². The Hall–Kier alpha value is -1.07. The van der Waals surface area contributed by atoms with Crippen molar-refractivity contribution < 1.29 is 8.42 Å². The molecule has 1 aliphatic rings. The molecule has 0 unspecified atom stereocenters. The van der Waals surface area contributed by atoms with Crippen LogP contribution in [0, 0.1) is 0 Å². The maximum absolute atomic E-state index is 11.0. The van der Waals surface area contributed by atoms with Crippen LogP contribution >= 0.6 is 0 Å². The predicted molar refractivity (Wildman–Crippen MR) is 79.5 cm³/mol. The molecule has 1 heterocycles. The van der Waals surface area contributed by atoms with Crippen LogP contribution in [0.5, 0.6) is 0 Å². The smallest absolute Gasteiger partial charge is 0.147 e. The minimum atomic E-state index is -2.83. The summed E-state index contributed by atoms with van der Waals surface area (Å²) in [5.41, 5.74) is 4.02. The van der Waals surface area contributed by atoms with Gasteiger partial charge < -0.3 is 10.2 Å². The third-order valence-corrected chi connectivity index (χ3v) is 4.50.